The average molecular weight is 835 g/mol. The summed E-state index contributed by atoms with van der Waals surface area (Å²) in [7, 11) is -4.56. The van der Waals surface area contributed by atoms with Crippen LogP contribution in [-0.4, -0.2) is 68.5 Å². The predicted molar refractivity (Wildman–Crippen MR) is 230 cm³/mol. The molecule has 0 aliphatic rings. The highest BCUT2D eigenvalue weighted by atomic mass is 31.2. The smallest absolute Gasteiger partial charge is 0.462 e. The number of amides is 1. The van der Waals surface area contributed by atoms with Crippen LogP contribution in [0.4, 0.5) is 4.79 Å². The molecule has 0 rings (SSSR count). The number of esters is 2. The fraction of sp³-hybridized carbons (Fsp3) is 0.932. The third-order valence-electron chi connectivity index (χ3n) is 10.1. The molecule has 0 bridgehead atoms. The first-order chi connectivity index (χ1) is 27.7. The lowest BCUT2D eigenvalue weighted by molar-refractivity contribution is -0.161. The summed E-state index contributed by atoms with van der Waals surface area (Å²) < 4.78 is 38.1. The Labute approximate surface area is 348 Å². The molecule has 1 amide bonds. The maximum Gasteiger partial charge on any atom is 0.472 e. The number of nitrogens with one attached hydrogen (secondary N) is 1. The van der Waals surface area contributed by atoms with E-state index in [1.165, 1.54) is 148 Å². The molecule has 0 aromatic heterocycles. The van der Waals surface area contributed by atoms with Gasteiger partial charge in [-0.25, -0.2) is 9.36 Å². The first-order valence-electron chi connectivity index (χ1n) is 23.3. The molecule has 4 N–H and O–H groups in total. The largest absolute Gasteiger partial charge is 0.472 e. The summed E-state index contributed by atoms with van der Waals surface area (Å²) in [5, 5.41) is 2.36. The number of phosphoric ester groups is 1. The van der Waals surface area contributed by atoms with Crippen LogP contribution in [0.25, 0.3) is 0 Å². The summed E-state index contributed by atoms with van der Waals surface area (Å²) in [6.07, 6.45) is 35.5. The van der Waals surface area contributed by atoms with Crippen LogP contribution in [0.5, 0.6) is 0 Å². The Morgan fingerprint density at radius 3 is 1.32 bits per heavy atom. The Kier molecular flexibility index (Phi) is 41.1. The third kappa shape index (κ3) is 42.2. The van der Waals surface area contributed by atoms with Gasteiger partial charge in [0.05, 0.1) is 13.2 Å². The van der Waals surface area contributed by atoms with Crippen LogP contribution in [0.3, 0.4) is 0 Å². The fourth-order valence-corrected chi connectivity index (χ4v) is 7.38. The van der Waals surface area contributed by atoms with E-state index in [9.17, 15) is 23.8 Å². The average Bonchev–Trinajstić information content (AvgIpc) is 3.19. The monoisotopic (exact) mass is 835 g/mol. The number of carbonyl (C=O) groups is 3. The van der Waals surface area contributed by atoms with Gasteiger partial charge in [0, 0.05) is 25.9 Å². The molecule has 0 fully saturated rings. The summed E-state index contributed by atoms with van der Waals surface area (Å²) in [6.45, 7) is 3.48. The minimum Gasteiger partial charge on any atom is -0.462 e. The van der Waals surface area contributed by atoms with Crippen molar-refractivity contribution in [3.8, 4) is 0 Å². The van der Waals surface area contributed by atoms with Crippen LogP contribution in [0.1, 0.15) is 219 Å². The number of nitrogens with two attached hydrogens (primary N) is 1. The second-order valence-corrected chi connectivity index (χ2v) is 17.1. The normalized spacial score (nSPS) is 12.9. The summed E-state index contributed by atoms with van der Waals surface area (Å²) in [5.41, 5.74) is 5.28. The summed E-state index contributed by atoms with van der Waals surface area (Å²) in [5.74, 6) is -0.894. The lowest BCUT2D eigenvalue weighted by atomic mass is 10.0. The number of unbranched alkanes of at least 4 members (excludes halogenated alkanes) is 28. The number of ether oxygens (including phenoxy) is 3. The van der Waals surface area contributed by atoms with E-state index < -0.39 is 38.6 Å². The van der Waals surface area contributed by atoms with Crippen molar-refractivity contribution in [2.45, 2.75) is 225 Å². The van der Waals surface area contributed by atoms with Crippen LogP contribution in [0, 0.1) is 0 Å². The lowest BCUT2D eigenvalue weighted by Crippen LogP contribution is -2.30. The van der Waals surface area contributed by atoms with Crippen molar-refractivity contribution >= 4 is 25.9 Å². The van der Waals surface area contributed by atoms with E-state index in [1.807, 2.05) is 0 Å². The van der Waals surface area contributed by atoms with E-state index in [1.54, 1.807) is 0 Å². The predicted octanol–water partition coefficient (Wildman–Crippen LogP) is 11.8. The molecule has 0 heterocycles. The summed E-state index contributed by atoms with van der Waals surface area (Å²) in [4.78, 5) is 46.8. The zero-order valence-corrected chi connectivity index (χ0v) is 37.5. The summed E-state index contributed by atoms with van der Waals surface area (Å²) >= 11 is 0. The van der Waals surface area contributed by atoms with E-state index in [-0.39, 0.29) is 45.8 Å². The SMILES string of the molecule is CCCCCCCCCCCCCCCCCC(=O)OCC(COP(=O)(O)OCCNC(=O)OCCN)OC(=O)CCCCCCCCCCCCCCCCC. The molecule has 0 saturated heterocycles. The standard InChI is InChI=1S/C44H87N2O10P/c1-3-5-7-9-11-13-15-17-19-21-23-25-27-29-31-33-42(47)53-39-41(40-55-57(50,51)54-38-36-46-44(49)52-37-35-45)56-43(48)34-32-30-28-26-24-22-20-18-16-14-12-10-8-6-4-2/h41H,3-40,45H2,1-2H3,(H,46,49)(H,50,51). The maximum atomic E-state index is 12.7. The molecule has 57 heavy (non-hydrogen) atoms. The Morgan fingerprint density at radius 2 is 0.912 bits per heavy atom. The van der Waals surface area contributed by atoms with Gasteiger partial charge in [-0.1, -0.05) is 194 Å². The number of phosphoric acid groups is 1. The van der Waals surface area contributed by atoms with Gasteiger partial charge in [-0.05, 0) is 12.8 Å². The van der Waals surface area contributed by atoms with E-state index in [0.29, 0.717) is 12.8 Å². The van der Waals surface area contributed by atoms with Crippen molar-refractivity contribution in [3.63, 3.8) is 0 Å². The molecule has 0 aromatic carbocycles. The van der Waals surface area contributed by atoms with E-state index >= 15 is 0 Å². The molecule has 0 spiro atoms. The van der Waals surface area contributed by atoms with Crippen molar-refractivity contribution in [2.24, 2.45) is 5.73 Å². The second kappa shape index (κ2) is 42.4. The van der Waals surface area contributed by atoms with E-state index in [0.717, 1.165) is 32.1 Å². The third-order valence-corrected chi connectivity index (χ3v) is 11.1. The van der Waals surface area contributed by atoms with Crippen LogP contribution < -0.4 is 11.1 Å². The van der Waals surface area contributed by atoms with Gasteiger partial charge in [-0.2, -0.15) is 0 Å². The number of hydrogen-bond acceptors (Lipinski definition) is 10. The quantitative estimate of drug-likeness (QED) is 0.0231. The van der Waals surface area contributed by atoms with Crippen molar-refractivity contribution in [2.75, 3.05) is 39.5 Å². The minimum absolute atomic E-state index is 0.0396. The molecule has 2 atom stereocenters. The Hall–Kier alpha value is -1.72. The van der Waals surface area contributed by atoms with Crippen LogP contribution in [0.15, 0.2) is 0 Å². The highest BCUT2D eigenvalue weighted by molar-refractivity contribution is 7.47. The maximum absolute atomic E-state index is 12.7. The topological polar surface area (TPSA) is 173 Å². The first-order valence-corrected chi connectivity index (χ1v) is 24.8. The molecule has 2 unspecified atom stereocenters. The molecule has 0 saturated carbocycles. The highest BCUT2D eigenvalue weighted by Gasteiger charge is 2.26. The molecule has 0 aliphatic heterocycles. The van der Waals surface area contributed by atoms with Gasteiger partial charge < -0.3 is 30.2 Å². The van der Waals surface area contributed by atoms with Gasteiger partial charge >= 0.3 is 25.9 Å². The van der Waals surface area contributed by atoms with Crippen molar-refractivity contribution in [3.05, 3.63) is 0 Å². The van der Waals surface area contributed by atoms with Crippen molar-refractivity contribution in [1.82, 2.24) is 5.32 Å². The highest BCUT2D eigenvalue weighted by Crippen LogP contribution is 2.43. The van der Waals surface area contributed by atoms with Gasteiger partial charge in [0.2, 0.25) is 0 Å². The molecular weight excluding hydrogens is 747 g/mol. The zero-order chi connectivity index (χ0) is 41.9. The zero-order valence-electron chi connectivity index (χ0n) is 36.6. The lowest BCUT2D eigenvalue weighted by Gasteiger charge is -2.20. The second-order valence-electron chi connectivity index (χ2n) is 15.6. The van der Waals surface area contributed by atoms with Gasteiger partial charge in [0.1, 0.15) is 13.2 Å². The van der Waals surface area contributed by atoms with Crippen LogP contribution in [0.2, 0.25) is 0 Å². The molecule has 12 nitrogen and oxygen atoms in total. The van der Waals surface area contributed by atoms with Crippen LogP contribution >= 0.6 is 7.82 Å². The Morgan fingerprint density at radius 1 is 0.526 bits per heavy atom. The van der Waals surface area contributed by atoms with Crippen molar-refractivity contribution < 1.29 is 47.1 Å². The molecule has 0 aromatic rings. The van der Waals surface area contributed by atoms with Gasteiger partial charge in [0.15, 0.2) is 6.10 Å². The Balaban J connectivity index is 4.40. The molecular formula is C44H87N2O10P. The van der Waals surface area contributed by atoms with Crippen molar-refractivity contribution in [1.29, 1.82) is 0 Å². The molecule has 13 heteroatoms. The first kappa shape index (κ1) is 55.3. The molecule has 0 radical (unpaired) electrons. The number of hydrogen-bond donors (Lipinski definition) is 3. The number of carbonyl (C=O) groups excluding carboxylic acids is 3. The van der Waals surface area contributed by atoms with Gasteiger partial charge in [-0.15, -0.1) is 0 Å². The Bertz CT molecular complexity index is 973. The van der Waals surface area contributed by atoms with E-state index in [4.69, 9.17) is 29.0 Å². The van der Waals surface area contributed by atoms with Crippen LogP contribution in [-0.2, 0) is 37.4 Å². The minimum atomic E-state index is -4.56. The molecule has 338 valence electrons. The number of rotatable bonds is 44. The van der Waals surface area contributed by atoms with Gasteiger partial charge in [-0.3, -0.25) is 18.6 Å². The summed E-state index contributed by atoms with van der Waals surface area (Å²) in [6, 6.07) is 0. The van der Waals surface area contributed by atoms with E-state index in [2.05, 4.69) is 19.2 Å². The molecule has 0 aliphatic carbocycles. The number of alkyl carbamates (subject to hydrolysis) is 1. The van der Waals surface area contributed by atoms with Gasteiger partial charge in [0.25, 0.3) is 0 Å². The fourth-order valence-electron chi connectivity index (χ4n) is 6.63.